The predicted octanol–water partition coefficient (Wildman–Crippen LogP) is 3.33. The molecular weight excluding hydrogens is 386 g/mol. The van der Waals surface area contributed by atoms with Crippen LogP contribution in [0.4, 0.5) is 5.69 Å². The molecule has 130 valence electrons. The van der Waals surface area contributed by atoms with E-state index in [9.17, 15) is 9.59 Å². The van der Waals surface area contributed by atoms with Gasteiger partial charge in [-0.25, -0.2) is 5.43 Å². The molecule has 6 nitrogen and oxygen atoms in total. The fourth-order valence-corrected chi connectivity index (χ4v) is 2.19. The number of ether oxygens (including phenoxy) is 1. The van der Waals surface area contributed by atoms with Gasteiger partial charge in [0.15, 0.2) is 0 Å². The first-order valence-electron chi connectivity index (χ1n) is 7.64. The molecule has 2 amide bonds. The second-order valence-corrected chi connectivity index (χ2v) is 5.97. The van der Waals surface area contributed by atoms with Crippen molar-refractivity contribution in [1.82, 2.24) is 5.43 Å². The average molecular weight is 404 g/mol. The minimum absolute atomic E-state index is 0.497. The van der Waals surface area contributed by atoms with Gasteiger partial charge in [0.05, 0.1) is 12.3 Å². The summed E-state index contributed by atoms with van der Waals surface area (Å²) in [5, 5.41) is 6.45. The number of amides is 2. The van der Waals surface area contributed by atoms with Crippen molar-refractivity contribution in [3.8, 4) is 5.75 Å². The molecule has 0 aliphatic rings. The third kappa shape index (κ3) is 5.72. The molecule has 0 spiro atoms. The van der Waals surface area contributed by atoms with Gasteiger partial charge in [0, 0.05) is 10.2 Å². The SMILES string of the molecule is CCOc1ccc(NC(=O)C(=O)NN=C(C)c2ccc(Br)cc2)cc1. The topological polar surface area (TPSA) is 79.8 Å². The zero-order valence-corrected chi connectivity index (χ0v) is 15.5. The largest absolute Gasteiger partial charge is 0.494 e. The molecule has 0 saturated carbocycles. The first kappa shape index (κ1) is 18.7. The minimum Gasteiger partial charge on any atom is -0.494 e. The van der Waals surface area contributed by atoms with Crippen LogP contribution in [0.15, 0.2) is 58.1 Å². The van der Waals surface area contributed by atoms with Gasteiger partial charge in [0.2, 0.25) is 0 Å². The highest BCUT2D eigenvalue weighted by atomic mass is 79.9. The minimum atomic E-state index is -0.842. The van der Waals surface area contributed by atoms with Crippen molar-refractivity contribution in [3.63, 3.8) is 0 Å². The van der Waals surface area contributed by atoms with Crippen molar-refractivity contribution in [2.24, 2.45) is 5.10 Å². The van der Waals surface area contributed by atoms with E-state index < -0.39 is 11.8 Å². The molecule has 0 aliphatic carbocycles. The van der Waals surface area contributed by atoms with Crippen LogP contribution in [0.3, 0.4) is 0 Å². The van der Waals surface area contributed by atoms with Gasteiger partial charge in [-0.05, 0) is 55.8 Å². The second kappa shape index (κ2) is 8.98. The molecule has 2 aromatic carbocycles. The van der Waals surface area contributed by atoms with Crippen LogP contribution in [-0.2, 0) is 9.59 Å². The van der Waals surface area contributed by atoms with Crippen molar-refractivity contribution >= 4 is 39.1 Å². The lowest BCUT2D eigenvalue weighted by Crippen LogP contribution is -2.32. The molecule has 0 fully saturated rings. The smallest absolute Gasteiger partial charge is 0.329 e. The van der Waals surface area contributed by atoms with Gasteiger partial charge in [0.25, 0.3) is 0 Å². The normalized spacial score (nSPS) is 10.9. The van der Waals surface area contributed by atoms with Crippen LogP contribution in [0.25, 0.3) is 0 Å². The maximum Gasteiger partial charge on any atom is 0.329 e. The zero-order chi connectivity index (χ0) is 18.2. The number of hydrogen-bond acceptors (Lipinski definition) is 4. The van der Waals surface area contributed by atoms with Crippen LogP contribution in [0.2, 0.25) is 0 Å². The molecule has 25 heavy (non-hydrogen) atoms. The number of rotatable bonds is 5. The Bertz CT molecular complexity index is 771. The van der Waals surface area contributed by atoms with E-state index in [1.807, 2.05) is 31.2 Å². The third-order valence-corrected chi connectivity index (χ3v) is 3.75. The summed E-state index contributed by atoms with van der Waals surface area (Å²) in [6.45, 7) is 4.19. The number of hydrazone groups is 1. The summed E-state index contributed by atoms with van der Waals surface area (Å²) in [6, 6.07) is 14.2. The highest BCUT2D eigenvalue weighted by Gasteiger charge is 2.13. The molecule has 0 radical (unpaired) electrons. The Hall–Kier alpha value is -2.67. The summed E-state index contributed by atoms with van der Waals surface area (Å²) < 4.78 is 6.26. The first-order chi connectivity index (χ1) is 12.0. The van der Waals surface area contributed by atoms with E-state index in [-0.39, 0.29) is 0 Å². The fourth-order valence-electron chi connectivity index (χ4n) is 1.93. The van der Waals surface area contributed by atoms with E-state index in [2.05, 4.69) is 31.8 Å². The van der Waals surface area contributed by atoms with Gasteiger partial charge in [-0.2, -0.15) is 5.10 Å². The molecule has 0 aromatic heterocycles. The summed E-state index contributed by atoms with van der Waals surface area (Å²) in [7, 11) is 0. The Morgan fingerprint density at radius 2 is 1.68 bits per heavy atom. The van der Waals surface area contributed by atoms with Crippen molar-refractivity contribution in [2.75, 3.05) is 11.9 Å². The van der Waals surface area contributed by atoms with Crippen LogP contribution in [0.1, 0.15) is 19.4 Å². The van der Waals surface area contributed by atoms with E-state index in [1.165, 1.54) is 0 Å². The molecule has 2 rings (SSSR count). The van der Waals surface area contributed by atoms with Gasteiger partial charge < -0.3 is 10.1 Å². The molecule has 0 heterocycles. The Balaban J connectivity index is 1.92. The fraction of sp³-hybridized carbons (Fsp3) is 0.167. The molecule has 0 atom stereocenters. The van der Waals surface area contributed by atoms with Crippen molar-refractivity contribution < 1.29 is 14.3 Å². The third-order valence-electron chi connectivity index (χ3n) is 3.22. The number of nitrogens with zero attached hydrogens (tertiary/aromatic N) is 1. The van der Waals surface area contributed by atoms with Crippen molar-refractivity contribution in [2.45, 2.75) is 13.8 Å². The molecular formula is C18H18BrN3O3. The van der Waals surface area contributed by atoms with E-state index in [1.54, 1.807) is 31.2 Å². The van der Waals surface area contributed by atoms with E-state index in [0.717, 1.165) is 10.0 Å². The summed E-state index contributed by atoms with van der Waals surface area (Å²) in [5.41, 5.74) is 4.18. The molecule has 0 bridgehead atoms. The van der Waals surface area contributed by atoms with E-state index in [4.69, 9.17) is 4.74 Å². The number of carbonyl (C=O) groups is 2. The zero-order valence-electron chi connectivity index (χ0n) is 13.9. The summed E-state index contributed by atoms with van der Waals surface area (Å²) in [4.78, 5) is 23.7. The molecule has 2 N–H and O–H groups in total. The molecule has 0 unspecified atom stereocenters. The van der Waals surface area contributed by atoms with E-state index >= 15 is 0 Å². The molecule has 0 saturated heterocycles. The van der Waals surface area contributed by atoms with Crippen molar-refractivity contribution in [1.29, 1.82) is 0 Å². The standard InChI is InChI=1S/C18H18BrN3O3/c1-3-25-16-10-8-15(9-11-16)20-17(23)18(24)22-21-12(2)13-4-6-14(19)7-5-13/h4-11H,3H2,1-2H3,(H,20,23)(H,22,24). The first-order valence-corrected chi connectivity index (χ1v) is 8.43. The highest BCUT2D eigenvalue weighted by Crippen LogP contribution is 2.15. The number of carbonyl (C=O) groups excluding carboxylic acids is 2. The number of hydrogen-bond donors (Lipinski definition) is 2. The monoisotopic (exact) mass is 403 g/mol. The molecule has 0 aliphatic heterocycles. The number of benzene rings is 2. The lowest BCUT2D eigenvalue weighted by atomic mass is 10.1. The number of nitrogens with one attached hydrogen (secondary N) is 2. The van der Waals surface area contributed by atoms with Crippen LogP contribution < -0.4 is 15.5 Å². The van der Waals surface area contributed by atoms with Gasteiger partial charge >= 0.3 is 11.8 Å². The van der Waals surface area contributed by atoms with Gasteiger partial charge in [0.1, 0.15) is 5.75 Å². The highest BCUT2D eigenvalue weighted by molar-refractivity contribution is 9.10. The maximum absolute atomic E-state index is 11.9. The lowest BCUT2D eigenvalue weighted by Gasteiger charge is -2.07. The predicted molar refractivity (Wildman–Crippen MR) is 101 cm³/mol. The van der Waals surface area contributed by atoms with Gasteiger partial charge in [-0.1, -0.05) is 28.1 Å². The summed E-state index contributed by atoms with van der Waals surface area (Å²) in [5.74, 6) is -0.943. The average Bonchev–Trinajstić information content (AvgIpc) is 2.61. The summed E-state index contributed by atoms with van der Waals surface area (Å²) >= 11 is 3.35. The lowest BCUT2D eigenvalue weighted by molar-refractivity contribution is -0.136. The Morgan fingerprint density at radius 1 is 1.04 bits per heavy atom. The quantitative estimate of drug-likeness (QED) is 0.456. The number of anilines is 1. The van der Waals surface area contributed by atoms with Crippen LogP contribution in [0, 0.1) is 0 Å². The van der Waals surface area contributed by atoms with Crippen LogP contribution in [-0.4, -0.2) is 24.1 Å². The Kier molecular flexibility index (Phi) is 6.71. The maximum atomic E-state index is 11.9. The van der Waals surface area contributed by atoms with Crippen LogP contribution >= 0.6 is 15.9 Å². The second-order valence-electron chi connectivity index (χ2n) is 5.06. The van der Waals surface area contributed by atoms with Crippen LogP contribution in [0.5, 0.6) is 5.75 Å². The molecule has 2 aromatic rings. The Labute approximate surface area is 154 Å². The molecule has 7 heteroatoms. The summed E-state index contributed by atoms with van der Waals surface area (Å²) in [6.07, 6.45) is 0. The Morgan fingerprint density at radius 3 is 2.28 bits per heavy atom. The number of halogens is 1. The van der Waals surface area contributed by atoms with Gasteiger partial charge in [-0.3, -0.25) is 9.59 Å². The van der Waals surface area contributed by atoms with Gasteiger partial charge in [-0.15, -0.1) is 0 Å². The van der Waals surface area contributed by atoms with Crippen molar-refractivity contribution in [3.05, 3.63) is 58.6 Å². The van der Waals surface area contributed by atoms with E-state index in [0.29, 0.717) is 23.8 Å².